The second-order valence-electron chi connectivity index (χ2n) is 10.6. The molecule has 2 bridgehead atoms. The van der Waals surface area contributed by atoms with Gasteiger partial charge >= 0.3 is 6.09 Å². The number of carbonyl (C=O) groups is 1. The van der Waals surface area contributed by atoms with Crippen molar-refractivity contribution in [3.63, 3.8) is 0 Å². The SMILES string of the molecule is C[C@H]1[C@@H](OC(=O)N2CC(C)(N)C2)C[C@@H]2O[C@@]3(C)CC[C@H]4[C@H](C)CC[C@@H]1[C@@]24OO3. The van der Waals surface area contributed by atoms with Crippen molar-refractivity contribution in [2.75, 3.05) is 13.1 Å². The van der Waals surface area contributed by atoms with Gasteiger partial charge in [-0.2, -0.15) is 0 Å². The van der Waals surface area contributed by atoms with Gasteiger partial charge < -0.3 is 20.1 Å². The first-order valence-electron chi connectivity index (χ1n) is 10.9. The van der Waals surface area contributed by atoms with Crippen LogP contribution in [0.1, 0.15) is 59.8 Å². The first-order chi connectivity index (χ1) is 13.1. The number of hydrogen-bond acceptors (Lipinski definition) is 6. The lowest BCUT2D eigenvalue weighted by molar-refractivity contribution is -0.540. The lowest BCUT2D eigenvalue weighted by Gasteiger charge is -2.60. The second-order valence-corrected chi connectivity index (χ2v) is 10.6. The molecule has 7 nitrogen and oxygen atoms in total. The number of ether oxygens (including phenoxy) is 2. The Hall–Kier alpha value is -0.890. The van der Waals surface area contributed by atoms with Crippen LogP contribution in [-0.4, -0.2) is 53.2 Å². The first-order valence-corrected chi connectivity index (χ1v) is 10.9. The fraction of sp³-hybridized carbons (Fsp3) is 0.952. The molecule has 158 valence electrons. The normalized spacial score (nSPS) is 51.7. The Morgan fingerprint density at radius 3 is 2.57 bits per heavy atom. The van der Waals surface area contributed by atoms with E-state index in [0.29, 0.717) is 31.3 Å². The third-order valence-electron chi connectivity index (χ3n) is 8.23. The summed E-state index contributed by atoms with van der Waals surface area (Å²) < 4.78 is 12.5. The highest BCUT2D eigenvalue weighted by Gasteiger charge is 2.68. The van der Waals surface area contributed by atoms with Gasteiger partial charge in [0.2, 0.25) is 0 Å². The quantitative estimate of drug-likeness (QED) is 0.689. The van der Waals surface area contributed by atoms with Gasteiger partial charge in [0.15, 0.2) is 5.79 Å². The topological polar surface area (TPSA) is 83.3 Å². The first kappa shape index (κ1) is 19.1. The number of nitrogens with zero attached hydrogens (tertiary/aromatic N) is 1. The van der Waals surface area contributed by atoms with E-state index in [-0.39, 0.29) is 35.7 Å². The molecular weight excluding hydrogens is 360 g/mol. The number of fused-ring (bicyclic) bond motifs is 2. The Bertz CT molecular complexity index is 663. The van der Waals surface area contributed by atoms with E-state index in [1.165, 1.54) is 6.42 Å². The predicted octanol–water partition coefficient (Wildman–Crippen LogP) is 2.82. The van der Waals surface area contributed by atoms with Gasteiger partial charge in [0, 0.05) is 37.4 Å². The number of carbonyl (C=O) groups excluding carboxylic acids is 1. The van der Waals surface area contributed by atoms with Crippen LogP contribution in [-0.2, 0) is 19.2 Å². The maximum atomic E-state index is 12.7. The average Bonchev–Trinajstić information content (AvgIpc) is 2.83. The van der Waals surface area contributed by atoms with Gasteiger partial charge in [-0.15, -0.1) is 0 Å². The van der Waals surface area contributed by atoms with Gasteiger partial charge in [0.25, 0.3) is 0 Å². The van der Waals surface area contributed by atoms with Gasteiger partial charge in [-0.25, -0.2) is 14.6 Å². The van der Waals surface area contributed by atoms with Crippen LogP contribution >= 0.6 is 0 Å². The smallest absolute Gasteiger partial charge is 0.410 e. The Labute approximate surface area is 167 Å². The molecule has 0 unspecified atom stereocenters. The van der Waals surface area contributed by atoms with Crippen molar-refractivity contribution < 1.29 is 24.0 Å². The molecule has 4 saturated heterocycles. The van der Waals surface area contributed by atoms with E-state index in [0.717, 1.165) is 19.3 Å². The third-order valence-corrected chi connectivity index (χ3v) is 8.23. The lowest BCUT2D eigenvalue weighted by atomic mass is 9.53. The third kappa shape index (κ3) is 2.66. The van der Waals surface area contributed by atoms with Crippen molar-refractivity contribution >= 4 is 6.09 Å². The molecule has 1 amide bonds. The van der Waals surface area contributed by atoms with Crippen LogP contribution in [0.3, 0.4) is 0 Å². The van der Waals surface area contributed by atoms with Crippen LogP contribution in [0.2, 0.25) is 0 Å². The highest BCUT2D eigenvalue weighted by atomic mass is 17.3. The standard InChI is InChI=1S/C21H34N2O5/c1-12-5-6-15-13(2)16(25-18(24)23-10-19(3,22)11-23)9-17-21(15)14(12)7-8-20(4,26-17)27-28-21/h12-17H,5-11,22H2,1-4H3/t12-,13-,14+,15+,16+,17+,20-,21-/m1/s1. The molecule has 0 aromatic heterocycles. The lowest BCUT2D eigenvalue weighted by Crippen LogP contribution is -2.70. The summed E-state index contributed by atoms with van der Waals surface area (Å²) in [6, 6.07) is 0. The van der Waals surface area contributed by atoms with Crippen LogP contribution in [0, 0.1) is 23.7 Å². The molecule has 0 radical (unpaired) electrons. The molecule has 4 heterocycles. The van der Waals surface area contributed by atoms with Gasteiger partial charge in [0.1, 0.15) is 11.7 Å². The van der Waals surface area contributed by atoms with Crippen molar-refractivity contribution in [3.05, 3.63) is 0 Å². The Morgan fingerprint density at radius 2 is 1.86 bits per heavy atom. The van der Waals surface area contributed by atoms with E-state index < -0.39 is 11.4 Å². The maximum absolute atomic E-state index is 12.7. The number of nitrogens with two attached hydrogens (primary N) is 1. The van der Waals surface area contributed by atoms with Gasteiger partial charge in [0.05, 0.1) is 6.10 Å². The summed E-state index contributed by atoms with van der Waals surface area (Å²) in [5.41, 5.74) is 5.34. The summed E-state index contributed by atoms with van der Waals surface area (Å²) in [4.78, 5) is 26.5. The van der Waals surface area contributed by atoms with E-state index in [1.54, 1.807) is 4.90 Å². The van der Waals surface area contributed by atoms with Crippen LogP contribution in [0.5, 0.6) is 0 Å². The summed E-state index contributed by atoms with van der Waals surface area (Å²) in [6.07, 6.45) is 4.27. The van der Waals surface area contributed by atoms with Gasteiger partial charge in [-0.05, 0) is 50.9 Å². The molecular formula is C21H34N2O5. The monoisotopic (exact) mass is 394 g/mol. The summed E-state index contributed by atoms with van der Waals surface area (Å²) >= 11 is 0. The summed E-state index contributed by atoms with van der Waals surface area (Å²) in [5.74, 6) is 0.777. The van der Waals surface area contributed by atoms with Crippen molar-refractivity contribution in [2.24, 2.45) is 29.4 Å². The molecule has 2 N–H and O–H groups in total. The minimum absolute atomic E-state index is 0.100. The maximum Gasteiger partial charge on any atom is 0.410 e. The molecule has 0 aromatic carbocycles. The van der Waals surface area contributed by atoms with E-state index in [9.17, 15) is 4.79 Å². The molecule has 6 fully saturated rings. The minimum Gasteiger partial charge on any atom is -0.446 e. The van der Waals surface area contributed by atoms with Crippen LogP contribution in [0.4, 0.5) is 4.79 Å². The molecule has 2 saturated carbocycles. The second kappa shape index (κ2) is 6.06. The van der Waals surface area contributed by atoms with E-state index in [2.05, 4.69) is 13.8 Å². The molecule has 2 aliphatic carbocycles. The summed E-state index contributed by atoms with van der Waals surface area (Å²) in [5, 5.41) is 0. The van der Waals surface area contributed by atoms with Gasteiger partial charge in [-0.1, -0.05) is 13.8 Å². The van der Waals surface area contributed by atoms with E-state index in [1.807, 2.05) is 13.8 Å². The van der Waals surface area contributed by atoms with E-state index in [4.69, 9.17) is 25.0 Å². The fourth-order valence-electron chi connectivity index (χ4n) is 6.75. The van der Waals surface area contributed by atoms with Crippen molar-refractivity contribution in [1.29, 1.82) is 0 Å². The minimum atomic E-state index is -0.703. The Morgan fingerprint density at radius 1 is 1.11 bits per heavy atom. The molecule has 7 heteroatoms. The fourth-order valence-corrected chi connectivity index (χ4v) is 6.75. The molecule has 6 aliphatic rings. The molecule has 4 aliphatic heterocycles. The van der Waals surface area contributed by atoms with E-state index >= 15 is 0 Å². The molecule has 8 atom stereocenters. The van der Waals surface area contributed by atoms with Crippen LogP contribution in [0.25, 0.3) is 0 Å². The summed E-state index contributed by atoms with van der Waals surface area (Å²) in [7, 11) is 0. The number of rotatable bonds is 1. The zero-order chi connectivity index (χ0) is 19.9. The zero-order valence-electron chi connectivity index (χ0n) is 17.5. The number of hydrogen-bond donors (Lipinski definition) is 1. The van der Waals surface area contributed by atoms with Crippen LogP contribution < -0.4 is 5.73 Å². The highest BCUT2D eigenvalue weighted by molar-refractivity contribution is 5.69. The highest BCUT2D eigenvalue weighted by Crippen LogP contribution is 2.61. The van der Waals surface area contributed by atoms with Crippen molar-refractivity contribution in [2.45, 2.75) is 88.9 Å². The van der Waals surface area contributed by atoms with Crippen molar-refractivity contribution in [3.8, 4) is 0 Å². The van der Waals surface area contributed by atoms with Crippen LogP contribution in [0.15, 0.2) is 0 Å². The number of amides is 1. The Balaban J connectivity index is 1.40. The average molecular weight is 395 g/mol. The molecule has 28 heavy (non-hydrogen) atoms. The number of likely N-dealkylation sites (tertiary alicyclic amines) is 1. The Kier molecular flexibility index (Phi) is 4.13. The predicted molar refractivity (Wildman–Crippen MR) is 101 cm³/mol. The zero-order valence-corrected chi connectivity index (χ0v) is 17.5. The van der Waals surface area contributed by atoms with Gasteiger partial charge in [-0.3, -0.25) is 0 Å². The molecule has 0 aromatic rings. The largest absolute Gasteiger partial charge is 0.446 e. The van der Waals surface area contributed by atoms with Crippen molar-refractivity contribution in [1.82, 2.24) is 4.90 Å². The molecule has 1 spiro atoms. The molecule has 6 rings (SSSR count). The summed E-state index contributed by atoms with van der Waals surface area (Å²) in [6.45, 7) is 9.57.